The minimum atomic E-state index is -0.344. The number of nitrogens with one attached hydrogen (secondary N) is 1. The summed E-state index contributed by atoms with van der Waals surface area (Å²) in [7, 11) is 7.30. The molecule has 25 heavy (non-hydrogen) atoms. The number of likely N-dealkylation sites (N-methyl/N-ethyl adjacent to an activating group) is 1. The first-order valence-electron chi connectivity index (χ1n) is 8.44. The molecular formula is C18H32FIN4O. The molecule has 0 radical (unpaired) electrons. The van der Waals surface area contributed by atoms with E-state index < -0.39 is 0 Å². The molecule has 0 aliphatic carbocycles. The van der Waals surface area contributed by atoms with Crippen LogP contribution in [0, 0.1) is 5.82 Å². The van der Waals surface area contributed by atoms with Crippen LogP contribution in [0.1, 0.15) is 25.3 Å². The third kappa shape index (κ3) is 8.71. The zero-order chi connectivity index (χ0) is 17.9. The molecule has 1 rings (SSSR count). The molecule has 0 heterocycles. The summed E-state index contributed by atoms with van der Waals surface area (Å²) < 4.78 is 18.7. The smallest absolute Gasteiger partial charge is 0.193 e. The lowest BCUT2D eigenvalue weighted by Crippen LogP contribution is -2.41. The molecule has 0 spiro atoms. The van der Waals surface area contributed by atoms with Crippen molar-refractivity contribution < 1.29 is 9.13 Å². The molecule has 144 valence electrons. The van der Waals surface area contributed by atoms with Gasteiger partial charge in [-0.05, 0) is 37.7 Å². The fourth-order valence-electron chi connectivity index (χ4n) is 2.44. The molecule has 0 saturated heterocycles. The summed E-state index contributed by atoms with van der Waals surface area (Å²) in [5, 5.41) is 3.35. The molecule has 0 atom stereocenters. The van der Waals surface area contributed by atoms with Crippen molar-refractivity contribution in [1.29, 1.82) is 0 Å². The molecule has 0 aromatic heterocycles. The van der Waals surface area contributed by atoms with Crippen LogP contribution in [0.15, 0.2) is 23.2 Å². The van der Waals surface area contributed by atoms with Gasteiger partial charge >= 0.3 is 0 Å². The second-order valence-electron chi connectivity index (χ2n) is 5.96. The average molecular weight is 466 g/mol. The quantitative estimate of drug-likeness (QED) is 0.345. The number of methoxy groups -OCH3 is 1. The summed E-state index contributed by atoms with van der Waals surface area (Å²) in [6.07, 6.45) is 2.43. The summed E-state index contributed by atoms with van der Waals surface area (Å²) in [6.45, 7) is 5.67. The van der Waals surface area contributed by atoms with Crippen LogP contribution < -0.4 is 10.1 Å². The topological polar surface area (TPSA) is 40.1 Å². The third-order valence-electron chi connectivity index (χ3n) is 3.88. The van der Waals surface area contributed by atoms with Gasteiger partial charge in [0.15, 0.2) is 17.5 Å². The lowest BCUT2D eigenvalue weighted by Gasteiger charge is -2.24. The Morgan fingerprint density at radius 2 is 2.00 bits per heavy atom. The summed E-state index contributed by atoms with van der Waals surface area (Å²) in [5.74, 6) is 0.720. The van der Waals surface area contributed by atoms with E-state index in [1.807, 2.05) is 18.0 Å². The van der Waals surface area contributed by atoms with Crippen molar-refractivity contribution >= 4 is 29.9 Å². The van der Waals surface area contributed by atoms with Gasteiger partial charge in [0.1, 0.15) is 0 Å². The van der Waals surface area contributed by atoms with Crippen LogP contribution in [0.2, 0.25) is 0 Å². The number of guanidine groups is 1. The van der Waals surface area contributed by atoms with Crippen LogP contribution in [-0.4, -0.2) is 63.6 Å². The van der Waals surface area contributed by atoms with E-state index in [2.05, 4.69) is 29.2 Å². The lowest BCUT2D eigenvalue weighted by atomic mass is 10.2. The molecule has 0 saturated carbocycles. The molecule has 5 nitrogen and oxygen atoms in total. The Morgan fingerprint density at radius 1 is 1.28 bits per heavy atom. The van der Waals surface area contributed by atoms with E-state index in [4.69, 9.17) is 4.74 Å². The normalized spacial score (nSPS) is 11.2. The van der Waals surface area contributed by atoms with Gasteiger partial charge in [-0.15, -0.1) is 24.0 Å². The standard InChI is InChI=1S/C18H31FN4O.HI/c1-6-7-11-22(3)12-10-21-18(20-2)23(4)14-15-8-9-17(24-5)16(19)13-15;/h8-9,13H,6-7,10-12,14H2,1-5H3,(H,20,21);1H. The molecule has 0 aliphatic rings. The van der Waals surface area contributed by atoms with Crippen molar-refractivity contribution in [3.8, 4) is 5.75 Å². The largest absolute Gasteiger partial charge is 0.494 e. The SMILES string of the molecule is CCCCN(C)CCNC(=NC)N(C)Cc1ccc(OC)c(F)c1.I. The average Bonchev–Trinajstić information content (AvgIpc) is 2.57. The van der Waals surface area contributed by atoms with Gasteiger partial charge in [-0.3, -0.25) is 4.99 Å². The Kier molecular flexibility index (Phi) is 12.6. The highest BCUT2D eigenvalue weighted by atomic mass is 127. The Hall–Kier alpha value is -1.09. The maximum Gasteiger partial charge on any atom is 0.193 e. The minimum Gasteiger partial charge on any atom is -0.494 e. The number of hydrogen-bond acceptors (Lipinski definition) is 3. The molecular weight excluding hydrogens is 434 g/mol. The monoisotopic (exact) mass is 466 g/mol. The first-order chi connectivity index (χ1) is 11.5. The molecule has 7 heteroatoms. The molecule has 0 aliphatic heterocycles. The highest BCUT2D eigenvalue weighted by Gasteiger charge is 2.09. The summed E-state index contributed by atoms with van der Waals surface area (Å²) in [6, 6.07) is 5.02. The first kappa shape index (κ1) is 23.9. The van der Waals surface area contributed by atoms with Gasteiger partial charge in [-0.25, -0.2) is 4.39 Å². The van der Waals surface area contributed by atoms with Crippen LogP contribution in [-0.2, 0) is 6.54 Å². The first-order valence-corrected chi connectivity index (χ1v) is 8.44. The number of aliphatic imine (C=N–C) groups is 1. The Bertz CT molecular complexity index is 528. The number of unbranched alkanes of at least 4 members (excludes halogenated alkanes) is 1. The van der Waals surface area contributed by atoms with Gasteiger partial charge in [0.05, 0.1) is 7.11 Å². The predicted octanol–water partition coefficient (Wildman–Crippen LogP) is 3.19. The highest BCUT2D eigenvalue weighted by Crippen LogP contribution is 2.18. The van der Waals surface area contributed by atoms with E-state index in [-0.39, 0.29) is 35.5 Å². The highest BCUT2D eigenvalue weighted by molar-refractivity contribution is 14.0. The number of halogens is 2. The van der Waals surface area contributed by atoms with E-state index in [1.165, 1.54) is 26.0 Å². The van der Waals surface area contributed by atoms with Gasteiger partial charge < -0.3 is 19.9 Å². The fraction of sp³-hybridized carbons (Fsp3) is 0.611. The number of rotatable bonds is 9. The fourth-order valence-corrected chi connectivity index (χ4v) is 2.44. The second-order valence-corrected chi connectivity index (χ2v) is 5.96. The zero-order valence-electron chi connectivity index (χ0n) is 16.0. The second kappa shape index (κ2) is 13.2. The number of benzene rings is 1. The van der Waals surface area contributed by atoms with Crippen molar-refractivity contribution in [3.05, 3.63) is 29.6 Å². The van der Waals surface area contributed by atoms with Crippen molar-refractivity contribution in [3.63, 3.8) is 0 Å². The van der Waals surface area contributed by atoms with E-state index in [9.17, 15) is 4.39 Å². The molecule has 0 bridgehead atoms. The molecule has 1 N–H and O–H groups in total. The lowest BCUT2D eigenvalue weighted by molar-refractivity contribution is 0.329. The van der Waals surface area contributed by atoms with Crippen molar-refractivity contribution in [1.82, 2.24) is 15.1 Å². The molecule has 0 fully saturated rings. The van der Waals surface area contributed by atoms with Crippen molar-refractivity contribution in [2.24, 2.45) is 4.99 Å². The van der Waals surface area contributed by atoms with E-state index in [1.54, 1.807) is 13.1 Å². The van der Waals surface area contributed by atoms with E-state index >= 15 is 0 Å². The molecule has 1 aromatic rings. The van der Waals surface area contributed by atoms with Gasteiger partial charge in [-0.2, -0.15) is 0 Å². The summed E-state index contributed by atoms with van der Waals surface area (Å²) >= 11 is 0. The Morgan fingerprint density at radius 3 is 2.56 bits per heavy atom. The maximum atomic E-state index is 13.8. The van der Waals surface area contributed by atoms with Gasteiger partial charge in [0.25, 0.3) is 0 Å². The Balaban J connectivity index is 0.00000576. The van der Waals surface area contributed by atoms with Crippen LogP contribution in [0.5, 0.6) is 5.75 Å². The molecule has 1 aromatic carbocycles. The number of nitrogens with zero attached hydrogens (tertiary/aromatic N) is 3. The van der Waals surface area contributed by atoms with Gasteiger partial charge in [0, 0.05) is 33.7 Å². The predicted molar refractivity (Wildman–Crippen MR) is 114 cm³/mol. The van der Waals surface area contributed by atoms with Gasteiger partial charge in [0.2, 0.25) is 0 Å². The summed E-state index contributed by atoms with van der Waals surface area (Å²) in [5.41, 5.74) is 0.874. The van der Waals surface area contributed by atoms with Crippen molar-refractivity contribution in [2.45, 2.75) is 26.3 Å². The number of hydrogen-bond donors (Lipinski definition) is 1. The van der Waals surface area contributed by atoms with Gasteiger partial charge in [-0.1, -0.05) is 19.4 Å². The maximum absolute atomic E-state index is 13.8. The van der Waals surface area contributed by atoms with Crippen LogP contribution >= 0.6 is 24.0 Å². The van der Waals surface area contributed by atoms with Crippen LogP contribution in [0.25, 0.3) is 0 Å². The van der Waals surface area contributed by atoms with Crippen LogP contribution in [0.4, 0.5) is 4.39 Å². The van der Waals surface area contributed by atoms with E-state index in [0.717, 1.165) is 31.2 Å². The van der Waals surface area contributed by atoms with Crippen LogP contribution in [0.3, 0.4) is 0 Å². The third-order valence-corrected chi connectivity index (χ3v) is 3.88. The Labute approximate surface area is 168 Å². The van der Waals surface area contributed by atoms with E-state index in [0.29, 0.717) is 6.54 Å². The van der Waals surface area contributed by atoms with Crippen molar-refractivity contribution in [2.75, 3.05) is 47.9 Å². The summed E-state index contributed by atoms with van der Waals surface area (Å²) in [4.78, 5) is 8.58. The molecule has 0 unspecified atom stereocenters. The zero-order valence-corrected chi connectivity index (χ0v) is 18.3. The number of ether oxygens (including phenoxy) is 1. The minimum absolute atomic E-state index is 0. The molecule has 0 amide bonds.